The Hall–Kier alpha value is -6.86. The zero-order valence-electron chi connectivity index (χ0n) is 40.3. The first-order valence-electron chi connectivity index (χ1n) is 24.6. The van der Waals surface area contributed by atoms with Gasteiger partial charge in [-0.2, -0.15) is 0 Å². The second kappa shape index (κ2) is 22.7. The van der Waals surface area contributed by atoms with Gasteiger partial charge in [0.15, 0.2) is 0 Å². The number of benzene rings is 14. The molecule has 74 heavy (non-hydrogen) atoms. The Labute approximate surface area is 467 Å². The summed E-state index contributed by atoms with van der Waals surface area (Å²) in [7, 11) is -1.57. The summed E-state index contributed by atoms with van der Waals surface area (Å²) in [6.45, 7) is 0. The monoisotopic (exact) mass is 1340 g/mol. The topological polar surface area (TPSA) is 0 Å². The quantitative estimate of drug-likeness (QED) is 0.0373. The number of rotatable bonds is 7. The van der Waals surface area contributed by atoms with Gasteiger partial charge in [0, 0.05) is 0 Å². The molecule has 0 aliphatic carbocycles. The molecule has 14 aromatic carbocycles. The summed E-state index contributed by atoms with van der Waals surface area (Å²) in [6, 6.07) is 91.5. The van der Waals surface area contributed by atoms with E-state index in [0.29, 0.717) is 0 Å². The van der Waals surface area contributed by atoms with Crippen LogP contribution in [-0.4, -0.2) is 12.3 Å². The molecule has 4 heteroatoms. The Morgan fingerprint density at radius 2 is 0.486 bits per heavy atom. The van der Waals surface area contributed by atoms with Crippen molar-refractivity contribution in [1.29, 1.82) is 0 Å². The first kappa shape index (κ1) is 50.7. The van der Waals surface area contributed by atoms with Crippen molar-refractivity contribution in [2.75, 3.05) is 12.3 Å². The number of fused-ring (bicyclic) bond motifs is 4. The molecule has 0 fully saturated rings. The van der Waals surface area contributed by atoms with Crippen molar-refractivity contribution in [2.24, 2.45) is 0 Å². The largest absolute Gasteiger partial charge is 1.00 e. The van der Waals surface area contributed by atoms with E-state index in [1.54, 1.807) is 0 Å². The van der Waals surface area contributed by atoms with Crippen molar-refractivity contribution in [1.82, 2.24) is 0 Å². The molecule has 358 valence electrons. The zero-order chi connectivity index (χ0) is 48.4. The van der Waals surface area contributed by atoms with Gasteiger partial charge in [0.05, 0.1) is 37.1 Å². The predicted octanol–water partition coefficient (Wildman–Crippen LogP) is 16.1. The molecule has 0 saturated heterocycles. The zero-order valence-corrected chi connectivity index (χ0v) is 46.6. The molecule has 0 radical (unpaired) electrons. The molecule has 0 aromatic heterocycles. The Morgan fingerprint density at radius 1 is 0.243 bits per heavy atom. The van der Waals surface area contributed by atoms with Crippen LogP contribution in [0, 0.1) is 24.7 Å². The van der Waals surface area contributed by atoms with Gasteiger partial charge in [-0.15, -0.1) is 23.3 Å². The number of hydrogen-bond acceptors (Lipinski definition) is 0. The van der Waals surface area contributed by atoms with Crippen molar-refractivity contribution < 1.29 is 44.8 Å². The van der Waals surface area contributed by atoms with Crippen molar-refractivity contribution in [2.45, 2.75) is 0 Å². The molecule has 0 spiro atoms. The molecule has 14 aromatic rings. The predicted molar refractivity (Wildman–Crippen MR) is 318 cm³/mol. The molecule has 0 aliphatic heterocycles. The van der Waals surface area contributed by atoms with Crippen LogP contribution >= 0.6 is 15.8 Å². The molecule has 0 unspecified atom stereocenters. The van der Waals surface area contributed by atoms with Crippen molar-refractivity contribution >= 4 is 123 Å². The first-order valence-corrected chi connectivity index (χ1v) is 28.0. The van der Waals surface area contributed by atoms with Crippen LogP contribution in [-0.2, 0) is 44.8 Å². The third-order valence-electron chi connectivity index (χ3n) is 14.4. The van der Waals surface area contributed by atoms with Gasteiger partial charge in [0.1, 0.15) is 12.3 Å². The molecule has 0 saturated carbocycles. The van der Waals surface area contributed by atoms with Crippen LogP contribution in [0.2, 0.25) is 0 Å². The van der Waals surface area contributed by atoms with Gasteiger partial charge in [0.2, 0.25) is 0 Å². The molecular formula is C70H48Au2P2+2. The van der Waals surface area contributed by atoms with E-state index in [2.05, 4.69) is 254 Å². The third-order valence-corrected chi connectivity index (χ3v) is 20.6. The number of hydrogen-bond donors (Lipinski definition) is 0. The molecule has 0 aliphatic rings. The fourth-order valence-corrected chi connectivity index (χ4v) is 17.4. The van der Waals surface area contributed by atoms with Crippen LogP contribution in [0.5, 0.6) is 0 Å². The maximum Gasteiger partial charge on any atom is 1.00 e. The van der Waals surface area contributed by atoms with E-state index >= 15 is 0 Å². The average Bonchev–Trinajstić information content (AvgIpc) is 3.47. The maximum atomic E-state index is 7.55. The average molecular weight is 1350 g/mol. The summed E-state index contributed by atoms with van der Waals surface area (Å²) in [5, 5.41) is 26.2. The molecule has 14 rings (SSSR count). The Kier molecular flexibility index (Phi) is 15.6. The Balaban J connectivity index is 0.000000126. The van der Waals surface area contributed by atoms with Crippen molar-refractivity contribution in [3.63, 3.8) is 0 Å². The van der Waals surface area contributed by atoms with E-state index in [1.165, 1.54) is 109 Å². The van der Waals surface area contributed by atoms with E-state index in [0.717, 1.165) is 21.9 Å². The molecule has 0 bridgehead atoms. The summed E-state index contributed by atoms with van der Waals surface area (Å²) in [5.74, 6) is 5.14. The van der Waals surface area contributed by atoms with E-state index < -0.39 is 15.8 Å². The summed E-state index contributed by atoms with van der Waals surface area (Å²) in [6.07, 6.45) is 17.6. The first-order chi connectivity index (χ1) is 35.7. The second-order valence-corrected chi connectivity index (χ2v) is 23.6. The molecular weight excluding hydrogens is 1300 g/mol. The van der Waals surface area contributed by atoms with Crippen LogP contribution in [0.3, 0.4) is 0 Å². The molecule has 0 nitrogen and oxygen atoms in total. The summed E-state index contributed by atoms with van der Waals surface area (Å²) in [5.41, 5.74) is 1.71. The maximum absolute atomic E-state index is 7.55. The van der Waals surface area contributed by atoms with E-state index in [-0.39, 0.29) is 44.8 Å². The van der Waals surface area contributed by atoms with Gasteiger partial charge in [-0.3, -0.25) is 11.8 Å². The van der Waals surface area contributed by atoms with Crippen LogP contribution in [0.1, 0.15) is 11.1 Å². The second-order valence-electron chi connectivity index (χ2n) is 18.4. The summed E-state index contributed by atoms with van der Waals surface area (Å²) >= 11 is 0. The molecule has 0 atom stereocenters. The minimum atomic E-state index is -0.783. The van der Waals surface area contributed by atoms with Crippen LogP contribution in [0.25, 0.3) is 86.2 Å². The molecule has 0 N–H and O–H groups in total. The Bertz CT molecular complexity index is 3840. The smallest absolute Gasteiger partial charge is 0.366 e. The van der Waals surface area contributed by atoms with Crippen molar-refractivity contribution in [3.8, 4) is 11.8 Å². The molecule has 0 amide bonds. The van der Waals surface area contributed by atoms with E-state index in [1.807, 2.05) is 12.1 Å². The van der Waals surface area contributed by atoms with Gasteiger partial charge in [-0.25, -0.2) is 0 Å². The summed E-state index contributed by atoms with van der Waals surface area (Å²) in [4.78, 5) is 0. The van der Waals surface area contributed by atoms with Gasteiger partial charge >= 0.3 is 44.8 Å². The summed E-state index contributed by atoms with van der Waals surface area (Å²) < 4.78 is 0. The van der Waals surface area contributed by atoms with Gasteiger partial charge < -0.3 is 12.8 Å². The third kappa shape index (κ3) is 9.48. The van der Waals surface area contributed by atoms with Crippen molar-refractivity contribution in [3.05, 3.63) is 279 Å². The normalized spacial score (nSPS) is 11.1. The molecule has 0 heterocycles. The van der Waals surface area contributed by atoms with Gasteiger partial charge in [0.25, 0.3) is 0 Å². The standard InChI is InChI=1S/C26H24P2.2C22H11.2Au/c1-5-13-23(14-6-1)27(24-15-7-2-8-16-24)21-22-28(25-17-9-3-10-18-25)26-19-11-4-12-20-26;2*1-2-14-12-13-20-18-10-4-7-15-6-3-9-17(21(15)18)19-11-5-8-16(14)22(19)20;;/h1-20H,21-22H2;2*3-13H;;/q;2*-1;2*+1/p+2. The van der Waals surface area contributed by atoms with E-state index in [4.69, 9.17) is 12.8 Å². The van der Waals surface area contributed by atoms with Crippen LogP contribution in [0.15, 0.2) is 255 Å². The van der Waals surface area contributed by atoms with Crippen LogP contribution < -0.4 is 21.2 Å². The minimum Gasteiger partial charge on any atom is -0.366 e. The fraction of sp³-hybridized carbons (Fsp3) is 0.0286. The van der Waals surface area contributed by atoms with E-state index in [9.17, 15) is 0 Å². The van der Waals surface area contributed by atoms with Crippen LogP contribution in [0.4, 0.5) is 0 Å². The van der Waals surface area contributed by atoms with Gasteiger partial charge in [-0.1, -0.05) is 205 Å². The minimum absolute atomic E-state index is 0. The van der Waals surface area contributed by atoms with Gasteiger partial charge in [-0.05, 0) is 124 Å². The Morgan fingerprint density at radius 3 is 0.770 bits per heavy atom. The fourth-order valence-electron chi connectivity index (χ4n) is 11.2. The SMILES string of the molecule is [Au+].[Au+].[C-]#Cc1ccc2c3cccc4cccc(c5cccc1c52)c43.[C-]#Cc1ccc2c3cccc4cccc(c5cccc1c52)c43.c1ccc([PH+](CC[PH+](c2ccccc2)c2ccccc2)c2ccccc2)cc1.